The maximum Gasteiger partial charge on any atom is 0.299 e. The average molecular weight is 273 g/mol. The first kappa shape index (κ1) is 12.0. The molecule has 0 radical (unpaired) electrons. The van der Waals surface area contributed by atoms with Gasteiger partial charge in [0.15, 0.2) is 0 Å². The smallest absolute Gasteiger partial charge is 0.299 e. The largest absolute Gasteiger partial charge is 0.468 e. The molecule has 6 nitrogen and oxygen atoms in total. The lowest BCUT2D eigenvalue weighted by molar-refractivity contribution is 0.349. The van der Waals surface area contributed by atoms with Crippen molar-refractivity contribution < 1.29 is 4.74 Å². The van der Waals surface area contributed by atoms with Crippen molar-refractivity contribution in [2.75, 3.05) is 7.11 Å². The Morgan fingerprint density at radius 3 is 2.94 bits per heavy atom. The molecule has 2 aromatic rings. The molecule has 0 atom stereocenters. The van der Waals surface area contributed by atoms with Crippen LogP contribution in [0.4, 0.5) is 0 Å². The highest BCUT2D eigenvalue weighted by molar-refractivity contribution is 7.10. The number of methoxy groups -OCH3 is 1. The molecular weight excluding hydrogens is 264 g/mol. The summed E-state index contributed by atoms with van der Waals surface area (Å²) < 4.78 is 10.6. The predicted octanol–water partition coefficient (Wildman–Crippen LogP) is 1.11. The Kier molecular flexibility index (Phi) is 3.39. The van der Waals surface area contributed by atoms with Crippen LogP contribution in [0.15, 0.2) is 10.9 Å². The van der Waals surface area contributed by atoms with Gasteiger partial charge < -0.3 is 4.74 Å². The number of aromatic nitrogens is 4. The first-order chi connectivity index (χ1) is 8.11. The summed E-state index contributed by atoms with van der Waals surface area (Å²) in [6, 6.07) is 1.66. The van der Waals surface area contributed by atoms with Crippen LogP contribution in [0.3, 0.4) is 0 Å². The zero-order valence-corrected chi connectivity index (χ0v) is 10.7. The van der Waals surface area contributed by atoms with Crippen molar-refractivity contribution in [2.45, 2.75) is 13.5 Å². The second-order valence-electron chi connectivity index (χ2n) is 3.30. The minimum Gasteiger partial charge on any atom is -0.468 e. The van der Waals surface area contributed by atoms with Crippen LogP contribution < -0.4 is 10.3 Å². The van der Waals surface area contributed by atoms with E-state index in [1.165, 1.54) is 17.7 Å². The molecule has 0 saturated carbocycles. The van der Waals surface area contributed by atoms with E-state index in [1.54, 1.807) is 6.92 Å². The summed E-state index contributed by atoms with van der Waals surface area (Å²) in [5, 5.41) is 3.84. The zero-order valence-electron chi connectivity index (χ0n) is 9.18. The van der Waals surface area contributed by atoms with Gasteiger partial charge in [-0.25, -0.2) is 4.98 Å². The van der Waals surface area contributed by atoms with Crippen molar-refractivity contribution in [3.05, 3.63) is 32.1 Å². The monoisotopic (exact) mass is 272 g/mol. The van der Waals surface area contributed by atoms with E-state index in [2.05, 4.69) is 14.6 Å². The number of aryl methyl sites for hydroxylation is 1. The second-order valence-corrected chi connectivity index (χ2v) is 4.66. The Morgan fingerprint density at radius 2 is 2.35 bits per heavy atom. The van der Waals surface area contributed by atoms with Gasteiger partial charge >= 0.3 is 0 Å². The maximum atomic E-state index is 11.8. The third-order valence-electron chi connectivity index (χ3n) is 2.10. The molecule has 0 spiro atoms. The quantitative estimate of drug-likeness (QED) is 0.837. The first-order valence-corrected chi connectivity index (χ1v) is 5.86. The van der Waals surface area contributed by atoms with Crippen LogP contribution in [0.1, 0.15) is 11.4 Å². The molecule has 0 aromatic carbocycles. The number of nitrogens with zero attached hydrogens (tertiary/aromatic N) is 4. The SMILES string of the molecule is COc1nc(C)cc(=O)n1Cc1nnsc1Cl. The van der Waals surface area contributed by atoms with Crippen LogP contribution >= 0.6 is 23.1 Å². The summed E-state index contributed by atoms with van der Waals surface area (Å²) in [7, 11) is 1.46. The number of halogens is 1. The molecule has 0 fully saturated rings. The van der Waals surface area contributed by atoms with E-state index in [4.69, 9.17) is 16.3 Å². The lowest BCUT2D eigenvalue weighted by Gasteiger charge is -2.09. The molecule has 8 heteroatoms. The van der Waals surface area contributed by atoms with Gasteiger partial charge in [-0.2, -0.15) is 0 Å². The van der Waals surface area contributed by atoms with Crippen molar-refractivity contribution in [2.24, 2.45) is 0 Å². The molecule has 2 rings (SSSR count). The first-order valence-electron chi connectivity index (χ1n) is 4.71. The lowest BCUT2D eigenvalue weighted by atomic mass is 10.4. The highest BCUT2D eigenvalue weighted by Crippen LogP contribution is 2.19. The summed E-state index contributed by atoms with van der Waals surface area (Å²) >= 11 is 6.96. The van der Waals surface area contributed by atoms with Crippen LogP contribution in [0, 0.1) is 6.92 Å². The van der Waals surface area contributed by atoms with Crippen molar-refractivity contribution in [1.82, 2.24) is 19.1 Å². The summed E-state index contributed by atoms with van der Waals surface area (Å²) in [5.41, 5.74) is 0.923. The van der Waals surface area contributed by atoms with Gasteiger partial charge in [-0.15, -0.1) is 5.10 Å². The minimum absolute atomic E-state index is 0.199. The van der Waals surface area contributed by atoms with E-state index >= 15 is 0 Å². The topological polar surface area (TPSA) is 69.9 Å². The molecule has 2 aromatic heterocycles. The molecule has 0 aliphatic rings. The van der Waals surface area contributed by atoms with E-state index in [1.807, 2.05) is 0 Å². The second kappa shape index (κ2) is 4.80. The van der Waals surface area contributed by atoms with Gasteiger partial charge in [-0.1, -0.05) is 16.1 Å². The Hall–Kier alpha value is -1.47. The molecular formula is C9H9ClN4O2S. The van der Waals surface area contributed by atoms with Gasteiger partial charge in [-0.05, 0) is 6.92 Å². The zero-order chi connectivity index (χ0) is 12.4. The van der Waals surface area contributed by atoms with Crippen molar-refractivity contribution in [1.29, 1.82) is 0 Å². The van der Waals surface area contributed by atoms with Crippen molar-refractivity contribution in [3.63, 3.8) is 0 Å². The normalized spacial score (nSPS) is 10.5. The van der Waals surface area contributed by atoms with Crippen LogP contribution in [0.5, 0.6) is 6.01 Å². The summed E-state index contributed by atoms with van der Waals surface area (Å²) in [4.78, 5) is 15.9. The molecule has 0 unspecified atom stereocenters. The highest BCUT2D eigenvalue weighted by Gasteiger charge is 2.12. The minimum atomic E-state index is -0.210. The summed E-state index contributed by atoms with van der Waals surface area (Å²) in [6.45, 7) is 1.93. The van der Waals surface area contributed by atoms with Crippen molar-refractivity contribution >= 4 is 23.1 Å². The number of hydrogen-bond donors (Lipinski definition) is 0. The molecule has 90 valence electrons. The Balaban J connectivity index is 2.45. The molecule has 0 bridgehead atoms. The number of rotatable bonds is 3. The maximum absolute atomic E-state index is 11.8. The van der Waals surface area contributed by atoms with E-state index < -0.39 is 0 Å². The van der Waals surface area contributed by atoms with Crippen LogP contribution in [-0.4, -0.2) is 26.2 Å². The third kappa shape index (κ3) is 2.45. The van der Waals surface area contributed by atoms with E-state index in [0.29, 0.717) is 15.7 Å². The van der Waals surface area contributed by atoms with E-state index in [0.717, 1.165) is 11.5 Å². The fourth-order valence-corrected chi connectivity index (χ4v) is 1.95. The average Bonchev–Trinajstić information content (AvgIpc) is 2.68. The molecule has 2 heterocycles. The third-order valence-corrected chi connectivity index (χ3v) is 3.09. The Labute approximate surface area is 106 Å². The molecule has 0 aliphatic carbocycles. The van der Waals surface area contributed by atoms with Gasteiger partial charge in [0.25, 0.3) is 11.6 Å². The molecule has 17 heavy (non-hydrogen) atoms. The lowest BCUT2D eigenvalue weighted by Crippen LogP contribution is -2.23. The molecule has 0 saturated heterocycles. The fourth-order valence-electron chi connectivity index (χ4n) is 1.34. The number of hydrogen-bond acceptors (Lipinski definition) is 6. The summed E-state index contributed by atoms with van der Waals surface area (Å²) in [6.07, 6.45) is 0. The van der Waals surface area contributed by atoms with E-state index in [9.17, 15) is 4.79 Å². The van der Waals surface area contributed by atoms with Gasteiger partial charge in [0.05, 0.1) is 13.7 Å². The Bertz CT molecular complexity index is 595. The van der Waals surface area contributed by atoms with Gasteiger partial charge in [0.1, 0.15) is 10.0 Å². The van der Waals surface area contributed by atoms with Gasteiger partial charge in [-0.3, -0.25) is 9.36 Å². The van der Waals surface area contributed by atoms with Crippen LogP contribution in [0.25, 0.3) is 0 Å². The molecule has 0 N–H and O–H groups in total. The summed E-state index contributed by atoms with van der Waals surface area (Å²) in [5.74, 6) is 0. The van der Waals surface area contributed by atoms with Crippen LogP contribution in [-0.2, 0) is 6.54 Å². The predicted molar refractivity (Wildman–Crippen MR) is 63.8 cm³/mol. The Morgan fingerprint density at radius 1 is 1.59 bits per heavy atom. The number of ether oxygens (including phenoxy) is 1. The highest BCUT2D eigenvalue weighted by atomic mass is 35.5. The standard InChI is InChI=1S/C9H9ClN4O2S/c1-5-3-7(15)14(9(11-5)16-2)4-6-8(10)17-13-12-6/h3H,4H2,1-2H3. The van der Waals surface area contributed by atoms with Gasteiger partial charge in [0, 0.05) is 23.3 Å². The van der Waals surface area contributed by atoms with Crippen LogP contribution in [0.2, 0.25) is 4.34 Å². The molecule has 0 amide bonds. The van der Waals surface area contributed by atoms with Crippen molar-refractivity contribution in [3.8, 4) is 6.01 Å². The van der Waals surface area contributed by atoms with Gasteiger partial charge in [0.2, 0.25) is 0 Å². The molecule has 0 aliphatic heterocycles. The fraction of sp³-hybridized carbons (Fsp3) is 0.333. The van der Waals surface area contributed by atoms with E-state index in [-0.39, 0.29) is 18.1 Å².